The molecular formula is C24H32N4O5S. The van der Waals surface area contributed by atoms with Gasteiger partial charge in [-0.1, -0.05) is 62.2 Å². The van der Waals surface area contributed by atoms with Crippen molar-refractivity contribution in [2.45, 2.75) is 38.6 Å². The van der Waals surface area contributed by atoms with Crippen LogP contribution < -0.4 is 10.8 Å². The Balaban J connectivity index is 1.61. The van der Waals surface area contributed by atoms with E-state index < -0.39 is 22.7 Å². The van der Waals surface area contributed by atoms with Crippen LogP contribution in [0.25, 0.3) is 11.1 Å². The van der Waals surface area contributed by atoms with E-state index in [-0.39, 0.29) is 31.6 Å². The lowest BCUT2D eigenvalue weighted by Gasteiger charge is -2.26. The van der Waals surface area contributed by atoms with Crippen molar-refractivity contribution in [3.8, 4) is 11.1 Å². The van der Waals surface area contributed by atoms with Crippen LogP contribution in [0.15, 0.2) is 54.6 Å². The summed E-state index contributed by atoms with van der Waals surface area (Å²) in [4.78, 5) is 24.4. The Morgan fingerprint density at radius 1 is 1.06 bits per heavy atom. The quantitative estimate of drug-likeness (QED) is 0.255. The topological polar surface area (TPSA) is 119 Å². The number of nitrogens with zero attached hydrogens (tertiary/aromatic N) is 2. The second-order valence-corrected chi connectivity index (χ2v) is 10.3. The highest BCUT2D eigenvalue weighted by Gasteiger charge is 2.36. The number of carbonyl (C=O) groups excluding carboxylic acids is 2. The second kappa shape index (κ2) is 12.1. The molecule has 1 aliphatic rings. The monoisotopic (exact) mass is 488 g/mol. The van der Waals surface area contributed by atoms with Crippen LogP contribution in [0.2, 0.25) is 0 Å². The standard InChI is InChI=1S/C24H32N4O5S/c1-2-3-7-15-27(18-23(29)26-31)34(32,33)28-16-14-22(17-28)25-24(30)21-12-10-20(11-13-21)19-8-5-4-6-9-19/h4-6,8-13,22,31H,2-3,7,14-18H2,1H3,(H,25,30)(H,26,29). The summed E-state index contributed by atoms with van der Waals surface area (Å²) >= 11 is 0. The molecule has 1 atom stereocenters. The zero-order valence-electron chi connectivity index (χ0n) is 19.3. The molecule has 3 N–H and O–H groups in total. The van der Waals surface area contributed by atoms with Gasteiger partial charge in [0.15, 0.2) is 0 Å². The SMILES string of the molecule is CCCCCN(CC(=O)NO)S(=O)(=O)N1CCC(NC(=O)c2ccc(-c3ccccc3)cc2)C1. The molecular weight excluding hydrogens is 456 g/mol. The fourth-order valence-corrected chi connectivity index (χ4v) is 5.61. The Kier molecular flexibility index (Phi) is 9.17. The van der Waals surface area contributed by atoms with E-state index in [1.807, 2.05) is 49.4 Å². The summed E-state index contributed by atoms with van der Waals surface area (Å²) in [5.74, 6) is -1.05. The summed E-state index contributed by atoms with van der Waals surface area (Å²) in [6.45, 7) is 2.10. The minimum atomic E-state index is -3.91. The molecule has 3 rings (SSSR count). The highest BCUT2D eigenvalue weighted by Crippen LogP contribution is 2.21. The molecule has 1 unspecified atom stereocenters. The first kappa shape index (κ1) is 25.8. The van der Waals surface area contributed by atoms with Gasteiger partial charge < -0.3 is 5.32 Å². The second-order valence-electron chi connectivity index (χ2n) is 8.34. The molecule has 0 saturated carbocycles. The van der Waals surface area contributed by atoms with Gasteiger partial charge in [0.1, 0.15) is 0 Å². The number of amides is 2. The van der Waals surface area contributed by atoms with Gasteiger partial charge in [-0.05, 0) is 36.1 Å². The van der Waals surface area contributed by atoms with Gasteiger partial charge in [-0.3, -0.25) is 14.8 Å². The smallest absolute Gasteiger partial charge is 0.282 e. The van der Waals surface area contributed by atoms with E-state index in [9.17, 15) is 18.0 Å². The summed E-state index contributed by atoms with van der Waals surface area (Å²) in [6, 6.07) is 16.8. The number of nitrogens with one attached hydrogen (secondary N) is 2. The number of unbranched alkanes of at least 4 members (excludes halogenated alkanes) is 2. The van der Waals surface area contributed by atoms with Gasteiger partial charge in [-0.2, -0.15) is 17.0 Å². The summed E-state index contributed by atoms with van der Waals surface area (Å²) in [6.07, 6.45) is 2.82. The number of hydrogen-bond acceptors (Lipinski definition) is 5. The van der Waals surface area contributed by atoms with Crippen LogP contribution in [0.4, 0.5) is 0 Å². The first-order valence-electron chi connectivity index (χ1n) is 11.5. The van der Waals surface area contributed by atoms with Crippen molar-refractivity contribution in [1.82, 2.24) is 19.4 Å². The van der Waals surface area contributed by atoms with E-state index in [1.54, 1.807) is 12.1 Å². The van der Waals surface area contributed by atoms with Crippen LogP contribution in [0, 0.1) is 0 Å². The van der Waals surface area contributed by atoms with Crippen molar-refractivity contribution in [2.24, 2.45) is 0 Å². The van der Waals surface area contributed by atoms with E-state index in [2.05, 4.69) is 5.32 Å². The molecule has 0 aromatic heterocycles. The number of hydroxylamine groups is 1. The van der Waals surface area contributed by atoms with E-state index in [4.69, 9.17) is 5.21 Å². The largest absolute Gasteiger partial charge is 0.348 e. The lowest BCUT2D eigenvalue weighted by Crippen LogP contribution is -2.48. The van der Waals surface area contributed by atoms with Crippen LogP contribution in [0.1, 0.15) is 43.0 Å². The molecule has 184 valence electrons. The van der Waals surface area contributed by atoms with Gasteiger partial charge in [-0.15, -0.1) is 0 Å². The lowest BCUT2D eigenvalue weighted by atomic mass is 10.0. The Labute approximate surface area is 200 Å². The Bertz CT molecular complexity index is 1060. The predicted octanol–water partition coefficient (Wildman–Crippen LogP) is 2.40. The fourth-order valence-electron chi connectivity index (χ4n) is 3.94. The van der Waals surface area contributed by atoms with Gasteiger partial charge in [0.25, 0.3) is 22.0 Å². The van der Waals surface area contributed by atoms with Crippen molar-refractivity contribution in [1.29, 1.82) is 0 Å². The van der Waals surface area contributed by atoms with Gasteiger partial charge >= 0.3 is 0 Å². The number of carbonyl (C=O) groups is 2. The van der Waals surface area contributed by atoms with Gasteiger partial charge in [0.05, 0.1) is 6.54 Å². The lowest BCUT2D eigenvalue weighted by molar-refractivity contribution is -0.129. The average Bonchev–Trinajstić information content (AvgIpc) is 3.33. The summed E-state index contributed by atoms with van der Waals surface area (Å²) < 4.78 is 28.6. The van der Waals surface area contributed by atoms with Crippen LogP contribution in [0.5, 0.6) is 0 Å². The average molecular weight is 489 g/mol. The Morgan fingerprint density at radius 3 is 2.38 bits per heavy atom. The molecule has 10 heteroatoms. The molecule has 0 spiro atoms. The predicted molar refractivity (Wildman–Crippen MR) is 129 cm³/mol. The maximum absolute atomic E-state index is 13.1. The highest BCUT2D eigenvalue weighted by atomic mass is 32.2. The van der Waals surface area contributed by atoms with Gasteiger partial charge in [0, 0.05) is 31.2 Å². The van der Waals surface area contributed by atoms with Gasteiger partial charge in [0.2, 0.25) is 0 Å². The van der Waals surface area contributed by atoms with Gasteiger partial charge in [-0.25, -0.2) is 5.48 Å². The number of benzene rings is 2. The summed E-state index contributed by atoms with van der Waals surface area (Å²) in [7, 11) is -3.91. The molecule has 2 aromatic carbocycles. The molecule has 1 heterocycles. The molecule has 1 aliphatic heterocycles. The van der Waals surface area contributed by atoms with Crippen LogP contribution in [-0.4, -0.2) is 66.3 Å². The first-order valence-corrected chi connectivity index (χ1v) is 12.9. The molecule has 34 heavy (non-hydrogen) atoms. The van der Waals surface area contributed by atoms with Crippen molar-refractivity contribution in [3.63, 3.8) is 0 Å². The molecule has 9 nitrogen and oxygen atoms in total. The van der Waals surface area contributed by atoms with Crippen LogP contribution >= 0.6 is 0 Å². The van der Waals surface area contributed by atoms with E-state index in [0.717, 1.165) is 28.3 Å². The first-order chi connectivity index (χ1) is 16.3. The van der Waals surface area contributed by atoms with Crippen LogP contribution in [0.3, 0.4) is 0 Å². The summed E-state index contributed by atoms with van der Waals surface area (Å²) in [5, 5.41) is 11.8. The minimum Gasteiger partial charge on any atom is -0.348 e. The van der Waals surface area contributed by atoms with Crippen LogP contribution in [-0.2, 0) is 15.0 Å². The zero-order chi connectivity index (χ0) is 24.6. The Morgan fingerprint density at radius 2 is 1.74 bits per heavy atom. The van der Waals surface area contributed by atoms with E-state index >= 15 is 0 Å². The number of rotatable bonds is 11. The molecule has 2 aromatic rings. The highest BCUT2D eigenvalue weighted by molar-refractivity contribution is 7.86. The zero-order valence-corrected chi connectivity index (χ0v) is 20.1. The number of hydrogen-bond donors (Lipinski definition) is 3. The third-order valence-corrected chi connectivity index (χ3v) is 7.80. The molecule has 0 radical (unpaired) electrons. The van der Waals surface area contributed by atoms with E-state index in [1.165, 1.54) is 9.79 Å². The van der Waals surface area contributed by atoms with Crippen molar-refractivity contribution >= 4 is 22.0 Å². The maximum atomic E-state index is 13.1. The maximum Gasteiger partial charge on any atom is 0.282 e. The Hall–Kier alpha value is -2.79. The van der Waals surface area contributed by atoms with Crippen molar-refractivity contribution in [3.05, 3.63) is 60.2 Å². The third kappa shape index (κ3) is 6.63. The minimum absolute atomic E-state index is 0.126. The molecule has 2 amide bonds. The molecule has 1 saturated heterocycles. The molecule has 1 fully saturated rings. The third-order valence-electron chi connectivity index (χ3n) is 5.85. The normalized spacial score (nSPS) is 16.5. The van der Waals surface area contributed by atoms with Crippen molar-refractivity contribution in [2.75, 3.05) is 26.2 Å². The summed E-state index contributed by atoms with van der Waals surface area (Å²) in [5.41, 5.74) is 4.06. The fraction of sp³-hybridized carbons (Fsp3) is 0.417. The molecule has 0 bridgehead atoms. The van der Waals surface area contributed by atoms with Crippen molar-refractivity contribution < 1.29 is 23.2 Å². The van der Waals surface area contributed by atoms with E-state index in [0.29, 0.717) is 18.4 Å². The molecule has 0 aliphatic carbocycles.